The summed E-state index contributed by atoms with van der Waals surface area (Å²) < 4.78 is 39.6. The second-order valence-electron chi connectivity index (χ2n) is 9.90. The third kappa shape index (κ3) is 5.84. The maximum Gasteiger partial charge on any atom is 0.252 e. The highest BCUT2D eigenvalue weighted by atomic mass is 32.2. The van der Waals surface area contributed by atoms with Crippen LogP contribution in [-0.2, 0) is 26.0 Å². The molecule has 0 aliphatic carbocycles. The molecule has 3 aromatic rings. The summed E-state index contributed by atoms with van der Waals surface area (Å²) in [6.45, 7) is 5.98. The lowest BCUT2D eigenvalue weighted by Gasteiger charge is -2.27. The molecule has 0 bridgehead atoms. The average Bonchev–Trinajstić information content (AvgIpc) is 3.21. The van der Waals surface area contributed by atoms with Gasteiger partial charge in [-0.3, -0.25) is 9.59 Å². The highest BCUT2D eigenvalue weighted by Crippen LogP contribution is 2.32. The van der Waals surface area contributed by atoms with Gasteiger partial charge in [-0.1, -0.05) is 49.7 Å². The van der Waals surface area contributed by atoms with Crippen LogP contribution in [0.1, 0.15) is 42.9 Å². The molecular formula is C30H34N2O6S. The molecule has 1 fully saturated rings. The van der Waals surface area contributed by atoms with E-state index in [4.69, 9.17) is 9.47 Å². The standard InChI is InChI=1S/C30H34N2O6S/c1-20(2)23-9-11-24(12-10-23)32-29(33)19-26(30(32)34)31(39(35,36)25-13-6-21(3)7-14-25)17-16-22-8-15-27(37-4)28(18-22)38-5/h6-15,18,20,26H,16-17,19H2,1-5H3. The number of imide groups is 1. The Morgan fingerprint density at radius 3 is 2.15 bits per heavy atom. The molecule has 0 N–H and O–H groups in total. The number of hydrogen-bond acceptors (Lipinski definition) is 6. The van der Waals surface area contributed by atoms with E-state index in [9.17, 15) is 18.0 Å². The van der Waals surface area contributed by atoms with Crippen molar-refractivity contribution < 1.29 is 27.5 Å². The van der Waals surface area contributed by atoms with Crippen molar-refractivity contribution in [3.8, 4) is 11.5 Å². The maximum absolute atomic E-state index is 13.9. The van der Waals surface area contributed by atoms with Gasteiger partial charge in [0.1, 0.15) is 6.04 Å². The van der Waals surface area contributed by atoms with Gasteiger partial charge in [0.05, 0.1) is 31.2 Å². The molecule has 0 saturated carbocycles. The van der Waals surface area contributed by atoms with E-state index in [-0.39, 0.29) is 17.9 Å². The molecule has 9 heteroatoms. The molecule has 0 radical (unpaired) electrons. The molecule has 1 unspecified atom stereocenters. The molecule has 1 atom stereocenters. The van der Waals surface area contributed by atoms with E-state index in [0.29, 0.717) is 29.5 Å². The fourth-order valence-corrected chi connectivity index (χ4v) is 6.27. The first kappa shape index (κ1) is 28.3. The highest BCUT2D eigenvalue weighted by Gasteiger charge is 2.46. The third-order valence-electron chi connectivity index (χ3n) is 6.98. The van der Waals surface area contributed by atoms with Crippen LogP contribution >= 0.6 is 0 Å². The van der Waals surface area contributed by atoms with Gasteiger partial charge in [0.2, 0.25) is 15.9 Å². The van der Waals surface area contributed by atoms with Gasteiger partial charge in [-0.2, -0.15) is 4.31 Å². The number of ether oxygens (including phenoxy) is 2. The molecule has 1 aliphatic rings. The topological polar surface area (TPSA) is 93.2 Å². The van der Waals surface area contributed by atoms with Crippen molar-refractivity contribution in [2.75, 3.05) is 25.7 Å². The fourth-order valence-electron chi connectivity index (χ4n) is 4.69. The van der Waals surface area contributed by atoms with Crippen molar-refractivity contribution in [3.63, 3.8) is 0 Å². The molecule has 3 aromatic carbocycles. The Balaban J connectivity index is 1.68. The van der Waals surface area contributed by atoms with E-state index in [1.165, 1.54) is 26.4 Å². The lowest BCUT2D eigenvalue weighted by atomic mass is 10.0. The van der Waals surface area contributed by atoms with Gasteiger partial charge in [-0.15, -0.1) is 0 Å². The molecule has 8 nitrogen and oxygen atoms in total. The smallest absolute Gasteiger partial charge is 0.252 e. The molecule has 1 heterocycles. The number of rotatable bonds is 10. The van der Waals surface area contributed by atoms with E-state index in [2.05, 4.69) is 13.8 Å². The van der Waals surface area contributed by atoms with Crippen LogP contribution in [0.3, 0.4) is 0 Å². The summed E-state index contributed by atoms with van der Waals surface area (Å²) in [5.74, 6) is 0.383. The first-order chi connectivity index (χ1) is 18.6. The van der Waals surface area contributed by atoms with Crippen LogP contribution in [0.2, 0.25) is 0 Å². The SMILES string of the molecule is COc1ccc(CCN(C2CC(=O)N(c3ccc(C(C)C)cc3)C2=O)S(=O)(=O)c2ccc(C)cc2)cc1OC. The zero-order valence-corrected chi connectivity index (χ0v) is 23.7. The van der Waals surface area contributed by atoms with Crippen molar-refractivity contribution >= 4 is 27.5 Å². The van der Waals surface area contributed by atoms with Gasteiger partial charge in [0, 0.05) is 6.54 Å². The second-order valence-corrected chi connectivity index (χ2v) is 11.8. The molecule has 4 rings (SSSR count). The molecule has 1 saturated heterocycles. The van der Waals surface area contributed by atoms with Crippen molar-refractivity contribution in [3.05, 3.63) is 83.4 Å². The number of methoxy groups -OCH3 is 2. The summed E-state index contributed by atoms with van der Waals surface area (Å²) in [6, 6.07) is 17.9. The van der Waals surface area contributed by atoms with Crippen molar-refractivity contribution in [1.29, 1.82) is 0 Å². The quantitative estimate of drug-likeness (QED) is 0.340. The monoisotopic (exact) mass is 550 g/mol. The number of nitrogens with zero attached hydrogens (tertiary/aromatic N) is 2. The molecule has 2 amide bonds. The minimum atomic E-state index is -4.10. The van der Waals surface area contributed by atoms with Crippen LogP contribution in [-0.4, -0.2) is 51.3 Å². The van der Waals surface area contributed by atoms with Gasteiger partial charge in [0.25, 0.3) is 5.91 Å². The molecule has 39 heavy (non-hydrogen) atoms. The Hall–Kier alpha value is -3.69. The van der Waals surface area contributed by atoms with E-state index in [1.807, 2.05) is 25.1 Å². The Bertz CT molecular complexity index is 1450. The van der Waals surface area contributed by atoms with Gasteiger partial charge in [-0.05, 0) is 66.8 Å². The molecular weight excluding hydrogens is 516 g/mol. The highest BCUT2D eigenvalue weighted by molar-refractivity contribution is 7.89. The minimum Gasteiger partial charge on any atom is -0.493 e. The number of carbonyl (C=O) groups is 2. The predicted molar refractivity (Wildman–Crippen MR) is 150 cm³/mol. The number of carbonyl (C=O) groups excluding carboxylic acids is 2. The third-order valence-corrected chi connectivity index (χ3v) is 8.91. The van der Waals surface area contributed by atoms with E-state index < -0.39 is 27.9 Å². The van der Waals surface area contributed by atoms with Crippen LogP contribution in [0.5, 0.6) is 11.5 Å². The normalized spacial score (nSPS) is 15.9. The summed E-state index contributed by atoms with van der Waals surface area (Å²) in [7, 11) is -1.03. The van der Waals surface area contributed by atoms with Gasteiger partial charge >= 0.3 is 0 Å². The number of amides is 2. The van der Waals surface area contributed by atoms with Crippen LogP contribution in [0.25, 0.3) is 0 Å². The van der Waals surface area contributed by atoms with Crippen molar-refractivity contribution in [1.82, 2.24) is 4.31 Å². The number of hydrogen-bond donors (Lipinski definition) is 0. The molecule has 0 aromatic heterocycles. The van der Waals surface area contributed by atoms with E-state index in [1.54, 1.807) is 36.4 Å². The summed E-state index contributed by atoms with van der Waals surface area (Å²) in [5.41, 5.74) is 3.22. The fraction of sp³-hybridized carbons (Fsp3) is 0.333. The second kappa shape index (κ2) is 11.6. The number of aryl methyl sites for hydroxylation is 1. The zero-order chi connectivity index (χ0) is 28.3. The van der Waals surface area contributed by atoms with Crippen molar-refractivity contribution in [2.45, 2.75) is 50.5 Å². The van der Waals surface area contributed by atoms with Crippen LogP contribution < -0.4 is 14.4 Å². The zero-order valence-electron chi connectivity index (χ0n) is 22.9. The Labute approximate surface area is 230 Å². The van der Waals surface area contributed by atoms with Crippen LogP contribution in [0.4, 0.5) is 5.69 Å². The van der Waals surface area contributed by atoms with Crippen LogP contribution in [0.15, 0.2) is 71.6 Å². The maximum atomic E-state index is 13.9. The molecule has 0 spiro atoms. The Kier molecular flexibility index (Phi) is 8.42. The van der Waals surface area contributed by atoms with Crippen molar-refractivity contribution in [2.24, 2.45) is 0 Å². The number of anilines is 1. The van der Waals surface area contributed by atoms with Gasteiger partial charge in [-0.25, -0.2) is 13.3 Å². The lowest BCUT2D eigenvalue weighted by Crippen LogP contribution is -2.46. The lowest BCUT2D eigenvalue weighted by molar-refractivity contribution is -0.122. The predicted octanol–water partition coefficient (Wildman–Crippen LogP) is 4.70. The van der Waals surface area contributed by atoms with E-state index >= 15 is 0 Å². The van der Waals surface area contributed by atoms with Gasteiger partial charge < -0.3 is 9.47 Å². The van der Waals surface area contributed by atoms with Gasteiger partial charge in [0.15, 0.2) is 11.5 Å². The first-order valence-electron chi connectivity index (χ1n) is 12.8. The summed E-state index contributed by atoms with van der Waals surface area (Å²) in [6.07, 6.45) is 0.0638. The largest absolute Gasteiger partial charge is 0.493 e. The summed E-state index contributed by atoms with van der Waals surface area (Å²) in [4.78, 5) is 27.9. The number of sulfonamides is 1. The average molecular weight is 551 g/mol. The summed E-state index contributed by atoms with van der Waals surface area (Å²) >= 11 is 0. The minimum absolute atomic E-state index is 0.00446. The molecule has 1 aliphatic heterocycles. The Morgan fingerprint density at radius 2 is 1.56 bits per heavy atom. The van der Waals surface area contributed by atoms with E-state index in [0.717, 1.165) is 25.9 Å². The Morgan fingerprint density at radius 1 is 0.923 bits per heavy atom. The molecule has 206 valence electrons. The first-order valence-corrected chi connectivity index (χ1v) is 14.3. The van der Waals surface area contributed by atoms with Crippen LogP contribution in [0, 0.1) is 6.92 Å². The summed E-state index contributed by atoms with van der Waals surface area (Å²) in [5, 5.41) is 0. The number of benzene rings is 3.